The molecule has 3 rings (SSSR count). The van der Waals surface area contributed by atoms with Crippen LogP contribution >= 0.6 is 11.3 Å². The van der Waals surface area contributed by atoms with Crippen LogP contribution in [0.15, 0.2) is 18.2 Å². The fourth-order valence-corrected chi connectivity index (χ4v) is 5.32. The van der Waals surface area contributed by atoms with Gasteiger partial charge in [-0.2, -0.15) is 0 Å². The van der Waals surface area contributed by atoms with E-state index in [-0.39, 0.29) is 35.4 Å². The number of nitrogens with one attached hydrogen (secondary N) is 1. The van der Waals surface area contributed by atoms with Crippen LogP contribution in [0.3, 0.4) is 0 Å². The van der Waals surface area contributed by atoms with Gasteiger partial charge in [-0.15, -0.1) is 0 Å². The molecular formula is C13H13N3O5S2. The zero-order valence-corrected chi connectivity index (χ0v) is 13.5. The molecule has 1 amide bonds. The Morgan fingerprint density at radius 3 is 2.91 bits per heavy atom. The van der Waals surface area contributed by atoms with Gasteiger partial charge in [0, 0.05) is 18.6 Å². The van der Waals surface area contributed by atoms with E-state index in [0.717, 1.165) is 11.3 Å². The Morgan fingerprint density at radius 2 is 2.26 bits per heavy atom. The highest BCUT2D eigenvalue weighted by Crippen LogP contribution is 2.29. The number of carbonyl (C=O) groups excluding carboxylic acids is 1. The molecule has 1 saturated heterocycles. The van der Waals surface area contributed by atoms with Crippen molar-refractivity contribution in [2.24, 2.45) is 5.92 Å². The molecule has 0 spiro atoms. The van der Waals surface area contributed by atoms with Gasteiger partial charge in [0.1, 0.15) is 0 Å². The normalized spacial score (nSPS) is 19.7. The molecule has 1 fully saturated rings. The van der Waals surface area contributed by atoms with Crippen molar-refractivity contribution in [1.82, 2.24) is 4.98 Å². The molecule has 0 radical (unpaired) electrons. The Kier molecular flexibility index (Phi) is 4.02. The number of fused-ring (bicyclic) bond motifs is 1. The second-order valence-electron chi connectivity index (χ2n) is 5.45. The number of hydrogen-bond acceptors (Lipinski definition) is 7. The standard InChI is InChI=1S/C13H13N3O5S2/c17-12(5-8-3-4-23(20,21)7-8)15-13-14-10-2-1-9(16(18)19)6-11(10)22-13/h1-2,6,8H,3-5,7H2,(H,14,15,17)/t8-/m1/s1. The highest BCUT2D eigenvalue weighted by molar-refractivity contribution is 7.91. The van der Waals surface area contributed by atoms with Gasteiger partial charge < -0.3 is 5.32 Å². The molecule has 1 aromatic carbocycles. The maximum absolute atomic E-state index is 12.0. The summed E-state index contributed by atoms with van der Waals surface area (Å²) in [5.41, 5.74) is 0.537. The molecule has 122 valence electrons. The number of rotatable bonds is 4. The minimum Gasteiger partial charge on any atom is -0.302 e. The summed E-state index contributed by atoms with van der Waals surface area (Å²) in [4.78, 5) is 26.4. The number of sulfone groups is 1. The van der Waals surface area contributed by atoms with Crippen LogP contribution in [0.25, 0.3) is 10.2 Å². The predicted octanol–water partition coefficient (Wildman–Crippen LogP) is 1.97. The maximum Gasteiger partial charge on any atom is 0.270 e. The van der Waals surface area contributed by atoms with Gasteiger partial charge in [0.15, 0.2) is 15.0 Å². The Hall–Kier alpha value is -2.07. The summed E-state index contributed by atoms with van der Waals surface area (Å²) in [6.07, 6.45) is 0.636. The van der Waals surface area contributed by atoms with E-state index >= 15 is 0 Å². The van der Waals surface area contributed by atoms with Gasteiger partial charge in [0.05, 0.1) is 26.6 Å². The van der Waals surface area contributed by atoms with E-state index in [9.17, 15) is 23.3 Å². The van der Waals surface area contributed by atoms with Crippen LogP contribution in [0.1, 0.15) is 12.8 Å². The molecule has 8 nitrogen and oxygen atoms in total. The number of thiazole rings is 1. The van der Waals surface area contributed by atoms with E-state index < -0.39 is 14.8 Å². The van der Waals surface area contributed by atoms with Gasteiger partial charge in [-0.1, -0.05) is 11.3 Å². The van der Waals surface area contributed by atoms with E-state index in [2.05, 4.69) is 10.3 Å². The Balaban J connectivity index is 1.69. The molecule has 1 aromatic heterocycles. The molecule has 0 aliphatic carbocycles. The molecule has 0 bridgehead atoms. The van der Waals surface area contributed by atoms with Gasteiger partial charge in [-0.25, -0.2) is 13.4 Å². The van der Waals surface area contributed by atoms with E-state index in [1.807, 2.05) is 0 Å². The summed E-state index contributed by atoms with van der Waals surface area (Å²) >= 11 is 1.15. The van der Waals surface area contributed by atoms with Crippen molar-refractivity contribution in [1.29, 1.82) is 0 Å². The molecule has 10 heteroatoms. The van der Waals surface area contributed by atoms with Crippen molar-refractivity contribution in [2.45, 2.75) is 12.8 Å². The van der Waals surface area contributed by atoms with E-state index in [1.165, 1.54) is 18.2 Å². The van der Waals surface area contributed by atoms with Crippen molar-refractivity contribution in [3.05, 3.63) is 28.3 Å². The average Bonchev–Trinajstić information content (AvgIpc) is 2.99. The van der Waals surface area contributed by atoms with Crippen LogP contribution in [-0.4, -0.2) is 35.7 Å². The number of nitro benzene ring substituents is 1. The molecule has 1 aliphatic heterocycles. The zero-order valence-electron chi connectivity index (χ0n) is 11.9. The number of benzene rings is 1. The zero-order chi connectivity index (χ0) is 16.6. The summed E-state index contributed by atoms with van der Waals surface area (Å²) in [5, 5.41) is 13.7. The maximum atomic E-state index is 12.0. The first-order chi connectivity index (χ1) is 10.8. The van der Waals surface area contributed by atoms with Crippen LogP contribution in [0.2, 0.25) is 0 Å². The highest BCUT2D eigenvalue weighted by Gasteiger charge is 2.29. The Bertz CT molecular complexity index is 890. The van der Waals surface area contributed by atoms with Gasteiger partial charge in [0.25, 0.3) is 5.69 Å². The van der Waals surface area contributed by atoms with Crippen molar-refractivity contribution in [3.8, 4) is 0 Å². The lowest BCUT2D eigenvalue weighted by Gasteiger charge is -2.06. The summed E-state index contributed by atoms with van der Waals surface area (Å²) in [6.45, 7) is 0. The SMILES string of the molecule is O=C(C[C@H]1CCS(=O)(=O)C1)Nc1nc2ccc([N+](=O)[O-])cc2s1. The second kappa shape index (κ2) is 5.85. The largest absolute Gasteiger partial charge is 0.302 e. The third-order valence-electron chi connectivity index (χ3n) is 3.63. The summed E-state index contributed by atoms with van der Waals surface area (Å²) < 4.78 is 23.4. The summed E-state index contributed by atoms with van der Waals surface area (Å²) in [7, 11) is -3.00. The number of aromatic nitrogens is 1. The number of anilines is 1. The molecule has 1 N–H and O–H groups in total. The summed E-state index contributed by atoms with van der Waals surface area (Å²) in [6, 6.07) is 4.30. The van der Waals surface area contributed by atoms with Crippen LogP contribution in [-0.2, 0) is 14.6 Å². The first-order valence-corrected chi connectivity index (χ1v) is 9.51. The predicted molar refractivity (Wildman–Crippen MR) is 86.3 cm³/mol. The molecule has 2 aromatic rings. The topological polar surface area (TPSA) is 119 Å². The van der Waals surface area contributed by atoms with Crippen molar-refractivity contribution in [3.63, 3.8) is 0 Å². The molecule has 2 heterocycles. The Morgan fingerprint density at radius 1 is 1.48 bits per heavy atom. The average molecular weight is 355 g/mol. The minimum atomic E-state index is -3.00. The number of non-ortho nitro benzene ring substituents is 1. The Labute approximate surface area is 135 Å². The van der Waals surface area contributed by atoms with E-state index in [0.29, 0.717) is 21.8 Å². The quantitative estimate of drug-likeness (QED) is 0.661. The lowest BCUT2D eigenvalue weighted by atomic mass is 10.1. The number of nitrogens with zero attached hydrogens (tertiary/aromatic N) is 2. The van der Waals surface area contributed by atoms with Crippen LogP contribution in [0.4, 0.5) is 10.8 Å². The molecule has 0 saturated carbocycles. The fraction of sp³-hybridized carbons (Fsp3) is 0.385. The van der Waals surface area contributed by atoms with Crippen molar-refractivity contribution in [2.75, 3.05) is 16.8 Å². The van der Waals surface area contributed by atoms with Crippen molar-refractivity contribution >= 4 is 48.1 Å². The minimum absolute atomic E-state index is 0.0322. The van der Waals surface area contributed by atoms with Crippen LogP contribution in [0.5, 0.6) is 0 Å². The number of hydrogen-bond donors (Lipinski definition) is 1. The number of carbonyl (C=O) groups is 1. The highest BCUT2D eigenvalue weighted by atomic mass is 32.2. The fourth-order valence-electron chi connectivity index (χ4n) is 2.55. The van der Waals surface area contributed by atoms with Gasteiger partial charge in [0.2, 0.25) is 5.91 Å². The molecule has 23 heavy (non-hydrogen) atoms. The van der Waals surface area contributed by atoms with Gasteiger partial charge in [-0.3, -0.25) is 14.9 Å². The number of nitro groups is 1. The molecule has 0 unspecified atom stereocenters. The number of amides is 1. The van der Waals surface area contributed by atoms with Gasteiger partial charge >= 0.3 is 0 Å². The second-order valence-corrected chi connectivity index (χ2v) is 8.71. The molecule has 1 atom stereocenters. The third kappa shape index (κ3) is 3.64. The van der Waals surface area contributed by atoms with Crippen molar-refractivity contribution < 1.29 is 18.1 Å². The lowest BCUT2D eigenvalue weighted by molar-refractivity contribution is -0.384. The third-order valence-corrected chi connectivity index (χ3v) is 6.40. The van der Waals surface area contributed by atoms with Crippen LogP contribution < -0.4 is 5.32 Å². The first-order valence-electron chi connectivity index (χ1n) is 6.88. The molecular weight excluding hydrogens is 342 g/mol. The first kappa shape index (κ1) is 15.8. The summed E-state index contributed by atoms with van der Waals surface area (Å²) in [5.74, 6) is -0.265. The molecule has 1 aliphatic rings. The van der Waals surface area contributed by atoms with E-state index in [4.69, 9.17) is 0 Å². The monoisotopic (exact) mass is 355 g/mol. The van der Waals surface area contributed by atoms with Crippen LogP contribution in [0, 0.1) is 16.0 Å². The van der Waals surface area contributed by atoms with Gasteiger partial charge in [-0.05, 0) is 18.4 Å². The van der Waals surface area contributed by atoms with E-state index in [1.54, 1.807) is 0 Å². The lowest BCUT2D eigenvalue weighted by Crippen LogP contribution is -2.17. The smallest absolute Gasteiger partial charge is 0.270 e.